The van der Waals surface area contributed by atoms with Gasteiger partial charge in [-0.2, -0.15) is 4.31 Å². The van der Waals surface area contributed by atoms with E-state index in [1.807, 2.05) is 12.1 Å². The van der Waals surface area contributed by atoms with Gasteiger partial charge in [0.1, 0.15) is 0 Å². The first-order valence-corrected chi connectivity index (χ1v) is 8.78. The second kappa shape index (κ2) is 6.87. The van der Waals surface area contributed by atoms with Crippen LogP contribution < -0.4 is 5.73 Å². The van der Waals surface area contributed by atoms with Gasteiger partial charge in [-0.1, -0.05) is 26.0 Å². The van der Waals surface area contributed by atoms with Crippen molar-refractivity contribution >= 4 is 10.0 Å². The number of hydrogen-bond acceptors (Lipinski definition) is 4. The maximum atomic E-state index is 12.6. The summed E-state index contributed by atoms with van der Waals surface area (Å²) < 4.78 is 32.1. The van der Waals surface area contributed by atoms with Gasteiger partial charge in [0.25, 0.3) is 0 Å². The first kappa shape index (κ1) is 16.4. The lowest BCUT2D eigenvalue weighted by atomic mass is 10.0. The van der Waals surface area contributed by atoms with Gasteiger partial charge in [0, 0.05) is 19.6 Å². The number of ether oxygens (including phenoxy) is 1. The van der Waals surface area contributed by atoms with Crippen molar-refractivity contribution in [1.29, 1.82) is 0 Å². The van der Waals surface area contributed by atoms with Crippen LogP contribution in [0.4, 0.5) is 0 Å². The summed E-state index contributed by atoms with van der Waals surface area (Å²) in [5, 5.41) is 0. The molecular weight excluding hydrogens is 288 g/mol. The van der Waals surface area contributed by atoms with Gasteiger partial charge in [-0.25, -0.2) is 8.42 Å². The Hall–Kier alpha value is -0.950. The molecule has 0 saturated carbocycles. The van der Waals surface area contributed by atoms with Crippen LogP contribution in [-0.2, 0) is 21.2 Å². The molecule has 1 saturated heterocycles. The summed E-state index contributed by atoms with van der Waals surface area (Å²) in [5.41, 5.74) is 6.73. The minimum absolute atomic E-state index is 0.214. The highest BCUT2D eigenvalue weighted by molar-refractivity contribution is 7.89. The number of nitrogens with zero attached hydrogens (tertiary/aromatic N) is 1. The molecule has 0 aromatic heterocycles. The number of benzene rings is 1. The molecule has 1 fully saturated rings. The Kier molecular flexibility index (Phi) is 5.37. The van der Waals surface area contributed by atoms with Crippen LogP contribution in [0.1, 0.15) is 19.4 Å². The number of hydrogen-bond donors (Lipinski definition) is 1. The van der Waals surface area contributed by atoms with Gasteiger partial charge in [-0.3, -0.25) is 0 Å². The number of rotatable bonds is 5. The fourth-order valence-corrected chi connectivity index (χ4v) is 3.93. The SMILES string of the molecule is CC(C)Cc1ccc(S(=O)(=O)N2CCOC(CN)C2)cc1. The normalized spacial score (nSPS) is 20.9. The number of nitrogens with two attached hydrogens (primary N) is 1. The Bertz CT molecular complexity index is 555. The average molecular weight is 312 g/mol. The standard InChI is InChI=1S/C15H24N2O3S/c1-12(2)9-13-3-5-15(6-4-13)21(18,19)17-7-8-20-14(10-16)11-17/h3-6,12,14H,7-11,16H2,1-2H3. The Morgan fingerprint density at radius 3 is 2.57 bits per heavy atom. The molecule has 5 nitrogen and oxygen atoms in total. The molecule has 1 aromatic carbocycles. The highest BCUT2D eigenvalue weighted by Crippen LogP contribution is 2.20. The predicted molar refractivity (Wildman–Crippen MR) is 82.5 cm³/mol. The molecule has 1 aromatic rings. The Labute approximate surface area is 127 Å². The van der Waals surface area contributed by atoms with Crippen LogP contribution in [0.15, 0.2) is 29.2 Å². The molecule has 1 atom stereocenters. The van der Waals surface area contributed by atoms with Crippen LogP contribution in [-0.4, -0.2) is 45.1 Å². The minimum atomic E-state index is -3.45. The van der Waals surface area contributed by atoms with Crippen molar-refractivity contribution in [3.05, 3.63) is 29.8 Å². The maximum absolute atomic E-state index is 12.6. The zero-order chi connectivity index (χ0) is 15.5. The Morgan fingerprint density at radius 2 is 2.00 bits per heavy atom. The summed E-state index contributed by atoms with van der Waals surface area (Å²) in [6.45, 7) is 5.72. The van der Waals surface area contributed by atoms with E-state index in [1.54, 1.807) is 12.1 Å². The number of morpholine rings is 1. The van der Waals surface area contributed by atoms with Crippen molar-refractivity contribution in [1.82, 2.24) is 4.31 Å². The molecule has 0 amide bonds. The summed E-state index contributed by atoms with van der Waals surface area (Å²) in [4.78, 5) is 0.340. The van der Waals surface area contributed by atoms with E-state index in [0.29, 0.717) is 37.1 Å². The van der Waals surface area contributed by atoms with Crippen molar-refractivity contribution in [2.75, 3.05) is 26.2 Å². The van der Waals surface area contributed by atoms with E-state index in [-0.39, 0.29) is 6.10 Å². The van der Waals surface area contributed by atoms with Crippen molar-refractivity contribution in [3.63, 3.8) is 0 Å². The summed E-state index contributed by atoms with van der Waals surface area (Å²) in [6.07, 6.45) is 0.737. The lowest BCUT2D eigenvalue weighted by Crippen LogP contribution is -2.48. The molecule has 1 unspecified atom stereocenters. The molecular formula is C15H24N2O3S. The van der Waals surface area contributed by atoms with Crippen LogP contribution in [0.3, 0.4) is 0 Å². The second-order valence-electron chi connectivity index (χ2n) is 5.83. The molecule has 1 aliphatic heterocycles. The van der Waals surface area contributed by atoms with Gasteiger partial charge in [-0.15, -0.1) is 0 Å². The summed E-state index contributed by atoms with van der Waals surface area (Å²) in [7, 11) is -3.45. The van der Waals surface area contributed by atoms with Gasteiger partial charge in [-0.05, 0) is 30.0 Å². The molecule has 2 rings (SSSR count). The van der Waals surface area contributed by atoms with E-state index < -0.39 is 10.0 Å². The Morgan fingerprint density at radius 1 is 1.33 bits per heavy atom. The monoisotopic (exact) mass is 312 g/mol. The van der Waals surface area contributed by atoms with Crippen molar-refractivity contribution < 1.29 is 13.2 Å². The molecule has 0 aliphatic carbocycles. The zero-order valence-electron chi connectivity index (χ0n) is 12.7. The first-order valence-electron chi connectivity index (χ1n) is 7.34. The van der Waals surface area contributed by atoms with Crippen LogP contribution in [0, 0.1) is 5.92 Å². The molecule has 0 radical (unpaired) electrons. The lowest BCUT2D eigenvalue weighted by Gasteiger charge is -2.31. The lowest BCUT2D eigenvalue weighted by molar-refractivity contribution is 0.00450. The van der Waals surface area contributed by atoms with E-state index in [2.05, 4.69) is 13.8 Å². The predicted octanol–water partition coefficient (Wildman–Crippen LogP) is 1.23. The molecule has 0 spiro atoms. The van der Waals surface area contributed by atoms with Crippen molar-refractivity contribution in [3.8, 4) is 0 Å². The minimum Gasteiger partial charge on any atom is -0.374 e. The maximum Gasteiger partial charge on any atom is 0.243 e. The van der Waals surface area contributed by atoms with Gasteiger partial charge < -0.3 is 10.5 Å². The van der Waals surface area contributed by atoms with Gasteiger partial charge in [0.05, 0.1) is 17.6 Å². The van der Waals surface area contributed by atoms with E-state index in [0.717, 1.165) is 12.0 Å². The highest BCUT2D eigenvalue weighted by atomic mass is 32.2. The molecule has 6 heteroatoms. The topological polar surface area (TPSA) is 72.6 Å². The fourth-order valence-electron chi connectivity index (χ4n) is 2.47. The molecule has 1 aliphatic rings. The number of sulfonamides is 1. The van der Waals surface area contributed by atoms with Crippen molar-refractivity contribution in [2.45, 2.75) is 31.3 Å². The first-order chi connectivity index (χ1) is 9.93. The third-order valence-electron chi connectivity index (χ3n) is 3.57. The molecule has 118 valence electrons. The van der Waals surface area contributed by atoms with E-state index in [4.69, 9.17) is 10.5 Å². The average Bonchev–Trinajstić information content (AvgIpc) is 2.47. The molecule has 21 heavy (non-hydrogen) atoms. The van der Waals surface area contributed by atoms with Crippen LogP contribution in [0.2, 0.25) is 0 Å². The van der Waals surface area contributed by atoms with Crippen molar-refractivity contribution in [2.24, 2.45) is 11.7 Å². The summed E-state index contributed by atoms with van der Waals surface area (Å²) in [5.74, 6) is 0.553. The molecule has 0 bridgehead atoms. The molecule has 2 N–H and O–H groups in total. The van der Waals surface area contributed by atoms with E-state index >= 15 is 0 Å². The zero-order valence-corrected chi connectivity index (χ0v) is 13.5. The quantitative estimate of drug-likeness (QED) is 0.887. The van der Waals surface area contributed by atoms with Gasteiger partial charge in [0.2, 0.25) is 10.0 Å². The fraction of sp³-hybridized carbons (Fsp3) is 0.600. The highest BCUT2D eigenvalue weighted by Gasteiger charge is 2.30. The summed E-state index contributed by atoms with van der Waals surface area (Å²) in [6, 6.07) is 7.18. The largest absolute Gasteiger partial charge is 0.374 e. The van der Waals surface area contributed by atoms with Crippen LogP contribution in [0.5, 0.6) is 0 Å². The van der Waals surface area contributed by atoms with Gasteiger partial charge in [0.15, 0.2) is 0 Å². The Balaban J connectivity index is 2.15. The van der Waals surface area contributed by atoms with Crippen LogP contribution >= 0.6 is 0 Å². The molecule has 1 heterocycles. The third kappa shape index (κ3) is 4.03. The van der Waals surface area contributed by atoms with Gasteiger partial charge >= 0.3 is 0 Å². The van der Waals surface area contributed by atoms with Crippen LogP contribution in [0.25, 0.3) is 0 Å². The summed E-state index contributed by atoms with van der Waals surface area (Å²) >= 11 is 0. The van der Waals surface area contributed by atoms with E-state index in [1.165, 1.54) is 4.31 Å². The third-order valence-corrected chi connectivity index (χ3v) is 5.45. The second-order valence-corrected chi connectivity index (χ2v) is 7.77. The smallest absolute Gasteiger partial charge is 0.243 e. The van der Waals surface area contributed by atoms with E-state index in [9.17, 15) is 8.42 Å².